The van der Waals surface area contributed by atoms with Crippen LogP contribution in [0.25, 0.3) is 11.1 Å². The predicted octanol–water partition coefficient (Wildman–Crippen LogP) is 4.35. The van der Waals surface area contributed by atoms with Crippen molar-refractivity contribution in [2.45, 2.75) is 38.0 Å². The van der Waals surface area contributed by atoms with Gasteiger partial charge in [0.15, 0.2) is 0 Å². The maximum atomic E-state index is 13.1. The van der Waals surface area contributed by atoms with Crippen LogP contribution in [0.2, 0.25) is 19.6 Å². The molecule has 0 unspecified atom stereocenters. The number of methoxy groups -OCH3 is 1. The number of hydrogen-bond donors (Lipinski definition) is 1. The van der Waals surface area contributed by atoms with Gasteiger partial charge in [0.25, 0.3) is 0 Å². The maximum absolute atomic E-state index is 13.1. The van der Waals surface area contributed by atoms with Crippen molar-refractivity contribution in [2.24, 2.45) is 0 Å². The summed E-state index contributed by atoms with van der Waals surface area (Å²) >= 11 is 0. The second kappa shape index (κ2) is 11.4. The van der Waals surface area contributed by atoms with Gasteiger partial charge in [-0.05, 0) is 28.7 Å². The summed E-state index contributed by atoms with van der Waals surface area (Å²) in [6.07, 6.45) is 1.64. The van der Waals surface area contributed by atoms with Crippen molar-refractivity contribution in [1.29, 1.82) is 0 Å². The molecule has 2 aromatic carbocycles. The predicted molar refractivity (Wildman–Crippen MR) is 139 cm³/mol. The molecule has 0 aromatic heterocycles. The van der Waals surface area contributed by atoms with E-state index in [2.05, 4.69) is 43.7 Å². The lowest BCUT2D eigenvalue weighted by molar-refractivity contribution is -0.151. The van der Waals surface area contributed by atoms with E-state index in [1.165, 1.54) is 12.0 Å². The number of nitrogens with zero attached hydrogens (tertiary/aromatic N) is 1. The Labute approximate surface area is 208 Å². The topological polar surface area (TPSA) is 84.9 Å². The highest BCUT2D eigenvalue weighted by Gasteiger charge is 2.33. The van der Waals surface area contributed by atoms with E-state index in [-0.39, 0.29) is 31.4 Å². The summed E-state index contributed by atoms with van der Waals surface area (Å²) in [6.45, 7) is 9.91. The summed E-state index contributed by atoms with van der Waals surface area (Å²) in [4.78, 5) is 39.5. The molecule has 0 radical (unpaired) electrons. The third kappa shape index (κ3) is 6.39. The fraction of sp³-hybridized carbons (Fsp3) is 0.370. The molecule has 1 N–H and O–H groups in total. The summed E-state index contributed by atoms with van der Waals surface area (Å²) in [6, 6.07) is 15.4. The zero-order valence-corrected chi connectivity index (χ0v) is 21.9. The van der Waals surface area contributed by atoms with E-state index < -0.39 is 26.2 Å². The van der Waals surface area contributed by atoms with Crippen LogP contribution >= 0.6 is 0 Å². The molecule has 0 saturated carbocycles. The van der Waals surface area contributed by atoms with Gasteiger partial charge in [-0.15, -0.1) is 6.58 Å². The van der Waals surface area contributed by atoms with Crippen LogP contribution in [0.4, 0.5) is 4.79 Å². The van der Waals surface area contributed by atoms with E-state index in [0.717, 1.165) is 22.3 Å². The Kier molecular flexibility index (Phi) is 8.51. The second-order valence-electron chi connectivity index (χ2n) is 9.82. The molecule has 186 valence electrons. The molecule has 1 aliphatic carbocycles. The molecule has 0 heterocycles. The Morgan fingerprint density at radius 3 is 2.14 bits per heavy atom. The zero-order chi connectivity index (χ0) is 25.6. The number of carbonyl (C=O) groups excluding carboxylic acids is 3. The summed E-state index contributed by atoms with van der Waals surface area (Å²) in [5, 5.41) is 2.56. The largest absolute Gasteiger partial charge is 0.467 e. The Hall–Kier alpha value is -3.39. The number of esters is 1. The van der Waals surface area contributed by atoms with Gasteiger partial charge in [-0.3, -0.25) is 4.79 Å². The quantitative estimate of drug-likeness (QED) is 0.302. The van der Waals surface area contributed by atoms with Crippen LogP contribution in [0.15, 0.2) is 61.2 Å². The lowest BCUT2D eigenvalue weighted by atomic mass is 9.98. The van der Waals surface area contributed by atoms with Crippen LogP contribution in [-0.4, -0.2) is 63.4 Å². The second-order valence-corrected chi connectivity index (χ2v) is 15.3. The fourth-order valence-corrected chi connectivity index (χ4v) is 5.85. The molecule has 2 amide bonds. The third-order valence-corrected chi connectivity index (χ3v) is 7.22. The molecule has 0 saturated heterocycles. The summed E-state index contributed by atoms with van der Waals surface area (Å²) in [5.74, 6) is -0.931. The van der Waals surface area contributed by atoms with Crippen LogP contribution in [0.5, 0.6) is 0 Å². The van der Waals surface area contributed by atoms with Crippen molar-refractivity contribution in [3.63, 3.8) is 0 Å². The van der Waals surface area contributed by atoms with Crippen molar-refractivity contribution in [2.75, 3.05) is 26.4 Å². The smallest absolute Gasteiger partial charge is 0.407 e. The van der Waals surface area contributed by atoms with Gasteiger partial charge in [0, 0.05) is 12.1 Å². The third-order valence-electron chi connectivity index (χ3n) is 5.93. The minimum absolute atomic E-state index is 0.0662. The number of amides is 2. The Morgan fingerprint density at radius 1 is 1.06 bits per heavy atom. The van der Waals surface area contributed by atoms with Gasteiger partial charge in [0.05, 0.1) is 15.2 Å². The van der Waals surface area contributed by atoms with Crippen molar-refractivity contribution >= 4 is 26.0 Å². The molecule has 35 heavy (non-hydrogen) atoms. The Bertz CT molecular complexity index is 1050. The number of fused-ring (bicyclic) bond motifs is 3. The first-order chi connectivity index (χ1) is 16.7. The van der Waals surface area contributed by atoms with Crippen LogP contribution in [0, 0.1) is 0 Å². The molecule has 1 aliphatic rings. The number of benzene rings is 2. The number of rotatable bonds is 10. The minimum Gasteiger partial charge on any atom is -0.467 e. The standard InChI is InChI=1S/C27H34N2O5Si/c1-6-11-24(26(31)33-2)29(18-35(3,4)5)25(30)16-28-27(32)34-17-23-21-14-9-7-12-19(21)20-13-8-10-15-22(20)23/h6-10,12-15,23-24H,1,11,16-18H2,2-5H3,(H,28,32)/t24-/m0/s1. The van der Waals surface area contributed by atoms with E-state index in [9.17, 15) is 14.4 Å². The van der Waals surface area contributed by atoms with Gasteiger partial charge >= 0.3 is 12.1 Å². The van der Waals surface area contributed by atoms with Crippen molar-refractivity contribution < 1.29 is 23.9 Å². The molecular formula is C27H34N2O5Si. The number of alkyl carbamates (subject to hydrolysis) is 1. The maximum Gasteiger partial charge on any atom is 0.407 e. The molecule has 0 aliphatic heterocycles. The molecular weight excluding hydrogens is 460 g/mol. The number of carbonyl (C=O) groups is 3. The van der Waals surface area contributed by atoms with Gasteiger partial charge in [-0.1, -0.05) is 74.2 Å². The van der Waals surface area contributed by atoms with Crippen LogP contribution < -0.4 is 5.32 Å². The average molecular weight is 495 g/mol. The molecule has 0 spiro atoms. The number of nitrogens with one attached hydrogen (secondary N) is 1. The van der Waals surface area contributed by atoms with Crippen molar-refractivity contribution in [3.05, 3.63) is 72.3 Å². The monoisotopic (exact) mass is 494 g/mol. The van der Waals surface area contributed by atoms with E-state index >= 15 is 0 Å². The van der Waals surface area contributed by atoms with E-state index in [1.807, 2.05) is 36.4 Å². The first-order valence-electron chi connectivity index (χ1n) is 11.7. The molecule has 1 atom stereocenters. The fourth-order valence-electron chi connectivity index (χ4n) is 4.43. The first kappa shape index (κ1) is 26.2. The van der Waals surface area contributed by atoms with Crippen molar-refractivity contribution in [1.82, 2.24) is 10.2 Å². The summed E-state index contributed by atoms with van der Waals surface area (Å²) in [5.41, 5.74) is 4.52. The van der Waals surface area contributed by atoms with Gasteiger partial charge in [0.2, 0.25) is 5.91 Å². The summed E-state index contributed by atoms with van der Waals surface area (Å²) < 4.78 is 10.4. The van der Waals surface area contributed by atoms with Gasteiger partial charge in [-0.2, -0.15) is 0 Å². The van der Waals surface area contributed by atoms with Crippen LogP contribution in [0.1, 0.15) is 23.5 Å². The minimum atomic E-state index is -1.77. The summed E-state index contributed by atoms with van der Waals surface area (Å²) in [7, 11) is -0.475. The highest BCUT2D eigenvalue weighted by atomic mass is 28.3. The van der Waals surface area contributed by atoms with Crippen LogP contribution in [-0.2, 0) is 19.1 Å². The lowest BCUT2D eigenvalue weighted by Crippen LogP contribution is -2.54. The number of hydrogen-bond acceptors (Lipinski definition) is 5. The molecule has 2 aromatic rings. The number of ether oxygens (including phenoxy) is 2. The van der Waals surface area contributed by atoms with E-state index in [4.69, 9.17) is 9.47 Å². The van der Waals surface area contributed by atoms with Gasteiger partial charge in [-0.25, -0.2) is 9.59 Å². The molecule has 8 heteroatoms. The molecule has 0 fully saturated rings. The normalized spacial score (nSPS) is 13.3. The zero-order valence-electron chi connectivity index (χ0n) is 20.9. The highest BCUT2D eigenvalue weighted by molar-refractivity contribution is 6.76. The van der Waals surface area contributed by atoms with Gasteiger partial charge in [0.1, 0.15) is 19.2 Å². The first-order valence-corrected chi connectivity index (χ1v) is 15.4. The molecule has 7 nitrogen and oxygen atoms in total. The lowest BCUT2D eigenvalue weighted by Gasteiger charge is -2.34. The molecule has 3 rings (SSSR count). The van der Waals surface area contributed by atoms with Gasteiger partial charge < -0.3 is 19.7 Å². The highest BCUT2D eigenvalue weighted by Crippen LogP contribution is 2.44. The van der Waals surface area contributed by atoms with Crippen LogP contribution in [0.3, 0.4) is 0 Å². The average Bonchev–Trinajstić information content (AvgIpc) is 3.16. The molecule has 0 bridgehead atoms. The van der Waals surface area contributed by atoms with Crippen molar-refractivity contribution in [3.8, 4) is 11.1 Å². The Morgan fingerprint density at radius 2 is 1.63 bits per heavy atom. The SMILES string of the molecule is C=CC[C@@H](C(=O)OC)N(C[Si](C)(C)C)C(=O)CNC(=O)OCC1c2ccccc2-c2ccccc21. The Balaban J connectivity index is 1.64. The van der Waals surface area contributed by atoms with E-state index in [0.29, 0.717) is 6.17 Å². The van der Waals surface area contributed by atoms with E-state index in [1.54, 1.807) is 6.08 Å².